The predicted octanol–water partition coefficient (Wildman–Crippen LogP) is 2.16. The van der Waals surface area contributed by atoms with Crippen LogP contribution in [0, 0.1) is 10.1 Å². The Labute approximate surface area is 121 Å². The van der Waals surface area contributed by atoms with Gasteiger partial charge in [-0.1, -0.05) is 24.3 Å². The van der Waals surface area contributed by atoms with Crippen LogP contribution in [0.5, 0.6) is 5.75 Å². The second-order valence-corrected chi connectivity index (χ2v) is 4.55. The fourth-order valence-corrected chi connectivity index (χ4v) is 1.84. The number of non-ortho nitro benzene ring substituents is 1. The van der Waals surface area contributed by atoms with E-state index in [2.05, 4.69) is 5.32 Å². The molecule has 0 aliphatic heterocycles. The van der Waals surface area contributed by atoms with Gasteiger partial charge in [0.2, 0.25) is 5.91 Å². The first-order valence-corrected chi connectivity index (χ1v) is 6.32. The van der Waals surface area contributed by atoms with Crippen LogP contribution in [0.4, 0.5) is 5.69 Å². The molecule has 6 heteroatoms. The number of phenolic OH excluding ortho intramolecular Hbond substituents is 1. The van der Waals surface area contributed by atoms with Crippen molar-refractivity contribution in [2.75, 3.05) is 0 Å². The summed E-state index contributed by atoms with van der Waals surface area (Å²) in [4.78, 5) is 22.0. The molecule has 0 bridgehead atoms. The maximum atomic E-state index is 11.8. The number of rotatable bonds is 5. The van der Waals surface area contributed by atoms with Crippen LogP contribution in [0.1, 0.15) is 11.1 Å². The molecule has 21 heavy (non-hydrogen) atoms. The quantitative estimate of drug-likeness (QED) is 0.650. The molecule has 0 saturated carbocycles. The fraction of sp³-hybridized carbons (Fsp3) is 0.133. The second kappa shape index (κ2) is 6.51. The summed E-state index contributed by atoms with van der Waals surface area (Å²) in [5.41, 5.74) is 1.42. The molecule has 0 aromatic heterocycles. The molecule has 2 aromatic rings. The van der Waals surface area contributed by atoms with Gasteiger partial charge in [0.25, 0.3) is 5.69 Å². The zero-order valence-corrected chi connectivity index (χ0v) is 11.2. The molecule has 0 spiro atoms. The maximum Gasteiger partial charge on any atom is 0.269 e. The number of nitro groups is 1. The van der Waals surface area contributed by atoms with E-state index in [4.69, 9.17) is 5.11 Å². The largest absolute Gasteiger partial charge is 0.508 e. The van der Waals surface area contributed by atoms with Gasteiger partial charge < -0.3 is 10.4 Å². The first-order valence-electron chi connectivity index (χ1n) is 6.32. The summed E-state index contributed by atoms with van der Waals surface area (Å²) >= 11 is 0. The zero-order valence-electron chi connectivity index (χ0n) is 11.2. The van der Waals surface area contributed by atoms with Gasteiger partial charge in [-0.05, 0) is 23.3 Å². The molecular formula is C15H14N2O4. The number of nitrogens with one attached hydrogen (secondary N) is 1. The lowest BCUT2D eigenvalue weighted by Gasteiger charge is -2.06. The minimum atomic E-state index is -0.488. The minimum Gasteiger partial charge on any atom is -0.508 e. The second-order valence-electron chi connectivity index (χ2n) is 4.55. The van der Waals surface area contributed by atoms with Crippen molar-refractivity contribution in [3.05, 3.63) is 69.8 Å². The molecule has 0 aliphatic carbocycles. The number of nitrogens with zero attached hydrogens (tertiary/aromatic N) is 1. The number of hydrogen-bond donors (Lipinski definition) is 2. The summed E-state index contributed by atoms with van der Waals surface area (Å²) in [7, 11) is 0. The third-order valence-electron chi connectivity index (χ3n) is 2.91. The van der Waals surface area contributed by atoms with Gasteiger partial charge in [0.05, 0.1) is 11.3 Å². The Kier molecular flexibility index (Phi) is 4.50. The number of carbonyl (C=O) groups is 1. The molecule has 1 amide bonds. The molecular weight excluding hydrogens is 272 g/mol. The van der Waals surface area contributed by atoms with Crippen molar-refractivity contribution in [1.29, 1.82) is 0 Å². The van der Waals surface area contributed by atoms with Crippen LogP contribution in [0.3, 0.4) is 0 Å². The summed E-state index contributed by atoms with van der Waals surface area (Å²) < 4.78 is 0. The highest BCUT2D eigenvalue weighted by atomic mass is 16.6. The van der Waals surface area contributed by atoms with E-state index in [1.165, 1.54) is 12.1 Å². The maximum absolute atomic E-state index is 11.8. The van der Waals surface area contributed by atoms with Gasteiger partial charge in [-0.15, -0.1) is 0 Å². The van der Waals surface area contributed by atoms with Crippen LogP contribution in [0.15, 0.2) is 48.5 Å². The van der Waals surface area contributed by atoms with Crippen LogP contribution in [-0.2, 0) is 17.8 Å². The van der Waals surface area contributed by atoms with E-state index in [0.29, 0.717) is 12.1 Å². The third-order valence-corrected chi connectivity index (χ3v) is 2.91. The Hall–Kier alpha value is -2.89. The Bertz CT molecular complexity index is 653. The van der Waals surface area contributed by atoms with Gasteiger partial charge in [-0.25, -0.2) is 0 Å². The average Bonchev–Trinajstić information content (AvgIpc) is 2.47. The van der Waals surface area contributed by atoms with E-state index in [1.807, 2.05) is 0 Å². The molecule has 0 unspecified atom stereocenters. The van der Waals surface area contributed by atoms with Crippen molar-refractivity contribution in [1.82, 2.24) is 5.32 Å². The summed E-state index contributed by atoms with van der Waals surface area (Å²) in [6.45, 7) is 0.341. The highest BCUT2D eigenvalue weighted by Gasteiger charge is 2.08. The molecule has 2 aromatic carbocycles. The molecule has 2 rings (SSSR count). The van der Waals surface area contributed by atoms with Crippen molar-refractivity contribution in [2.45, 2.75) is 13.0 Å². The average molecular weight is 286 g/mol. The fourth-order valence-electron chi connectivity index (χ4n) is 1.84. The lowest BCUT2D eigenvalue weighted by atomic mass is 10.1. The first kappa shape index (κ1) is 14.5. The van der Waals surface area contributed by atoms with Gasteiger partial charge in [-0.3, -0.25) is 14.9 Å². The zero-order chi connectivity index (χ0) is 15.2. The molecule has 0 aliphatic rings. The standard InChI is InChI=1S/C15H14N2O4/c18-14-6-4-11(5-7-14)10-16-15(19)9-12-2-1-3-13(8-12)17(20)21/h1-8,18H,9-10H2,(H,16,19). The molecule has 2 N–H and O–H groups in total. The van der Waals surface area contributed by atoms with E-state index in [9.17, 15) is 14.9 Å². The Balaban J connectivity index is 1.91. The van der Waals surface area contributed by atoms with Crippen molar-refractivity contribution >= 4 is 11.6 Å². The summed E-state index contributed by atoms with van der Waals surface area (Å²) in [6, 6.07) is 12.5. The summed E-state index contributed by atoms with van der Waals surface area (Å²) in [5, 5.41) is 22.5. The van der Waals surface area contributed by atoms with E-state index in [1.54, 1.807) is 36.4 Å². The van der Waals surface area contributed by atoms with E-state index >= 15 is 0 Å². The number of hydrogen-bond acceptors (Lipinski definition) is 4. The topological polar surface area (TPSA) is 92.5 Å². The van der Waals surface area contributed by atoms with Gasteiger partial charge in [-0.2, -0.15) is 0 Å². The van der Waals surface area contributed by atoms with Gasteiger partial charge in [0.1, 0.15) is 5.75 Å². The third kappa shape index (κ3) is 4.31. The van der Waals surface area contributed by atoms with Crippen LogP contribution in [0.25, 0.3) is 0 Å². The Morgan fingerprint density at radius 2 is 1.86 bits per heavy atom. The number of amides is 1. The smallest absolute Gasteiger partial charge is 0.269 e. The van der Waals surface area contributed by atoms with Crippen LogP contribution in [-0.4, -0.2) is 15.9 Å². The van der Waals surface area contributed by atoms with Crippen molar-refractivity contribution in [2.24, 2.45) is 0 Å². The number of nitro benzene ring substituents is 1. The van der Waals surface area contributed by atoms with Gasteiger partial charge in [0, 0.05) is 18.7 Å². The molecule has 0 fully saturated rings. The van der Waals surface area contributed by atoms with Crippen LogP contribution >= 0.6 is 0 Å². The van der Waals surface area contributed by atoms with Crippen molar-refractivity contribution < 1.29 is 14.8 Å². The van der Waals surface area contributed by atoms with Gasteiger partial charge in [0.15, 0.2) is 0 Å². The monoisotopic (exact) mass is 286 g/mol. The Morgan fingerprint density at radius 3 is 2.52 bits per heavy atom. The van der Waals surface area contributed by atoms with Gasteiger partial charge >= 0.3 is 0 Å². The molecule has 0 heterocycles. The Morgan fingerprint density at radius 1 is 1.14 bits per heavy atom. The van der Waals surface area contributed by atoms with E-state index in [0.717, 1.165) is 5.56 Å². The first-order chi connectivity index (χ1) is 10.0. The van der Waals surface area contributed by atoms with E-state index in [-0.39, 0.29) is 23.8 Å². The summed E-state index contributed by atoms with van der Waals surface area (Å²) in [5.74, 6) is -0.0507. The highest BCUT2D eigenvalue weighted by Crippen LogP contribution is 2.13. The van der Waals surface area contributed by atoms with Crippen LogP contribution in [0.2, 0.25) is 0 Å². The van der Waals surface area contributed by atoms with Crippen LogP contribution < -0.4 is 5.32 Å². The number of benzene rings is 2. The molecule has 108 valence electrons. The summed E-state index contributed by atoms with van der Waals surface area (Å²) in [6.07, 6.45) is 0.0831. The molecule has 0 atom stereocenters. The lowest BCUT2D eigenvalue weighted by molar-refractivity contribution is -0.384. The molecule has 6 nitrogen and oxygen atoms in total. The molecule has 0 radical (unpaired) electrons. The predicted molar refractivity (Wildman–Crippen MR) is 76.8 cm³/mol. The number of aromatic hydroxyl groups is 1. The van der Waals surface area contributed by atoms with Crippen molar-refractivity contribution in [3.63, 3.8) is 0 Å². The van der Waals surface area contributed by atoms with Crippen molar-refractivity contribution in [3.8, 4) is 5.75 Å². The lowest BCUT2D eigenvalue weighted by Crippen LogP contribution is -2.24. The number of phenols is 1. The van der Waals surface area contributed by atoms with E-state index < -0.39 is 4.92 Å². The SMILES string of the molecule is O=C(Cc1cccc([N+](=O)[O-])c1)NCc1ccc(O)cc1. The highest BCUT2D eigenvalue weighted by molar-refractivity contribution is 5.78. The normalized spacial score (nSPS) is 10.1. The molecule has 0 saturated heterocycles. The number of carbonyl (C=O) groups excluding carboxylic acids is 1. The minimum absolute atomic E-state index is 0.0289.